The Morgan fingerprint density at radius 2 is 1.49 bits per heavy atom. The van der Waals surface area contributed by atoms with Crippen LogP contribution in [0, 0.1) is 0 Å². The summed E-state index contributed by atoms with van der Waals surface area (Å²) in [6.45, 7) is 4.66. The van der Waals surface area contributed by atoms with Crippen LogP contribution in [-0.4, -0.2) is 50.6 Å². The molecule has 0 aromatic heterocycles. The van der Waals surface area contributed by atoms with Crippen molar-refractivity contribution >= 4 is 17.9 Å². The second kappa shape index (κ2) is 10.8. The van der Waals surface area contributed by atoms with E-state index in [0.29, 0.717) is 43.1 Å². The number of carbonyl (C=O) groups excluding carboxylic acids is 3. The Balaban J connectivity index is 2.04. The third kappa shape index (κ3) is 5.74. The summed E-state index contributed by atoms with van der Waals surface area (Å²) >= 11 is 0. The van der Waals surface area contributed by atoms with Crippen molar-refractivity contribution in [1.82, 2.24) is 4.90 Å². The van der Waals surface area contributed by atoms with E-state index in [1.165, 1.54) is 35.0 Å². The maximum atomic E-state index is 12.3. The first kappa shape index (κ1) is 26.0. The molecule has 0 N–H and O–H groups in total. The van der Waals surface area contributed by atoms with Crippen molar-refractivity contribution in [3.63, 3.8) is 0 Å². The number of rotatable bonds is 8. The number of nitrogens with zero attached hydrogens (tertiary/aromatic N) is 1. The summed E-state index contributed by atoms with van der Waals surface area (Å²) in [5.74, 6) is 0.103. The Labute approximate surface area is 204 Å². The van der Waals surface area contributed by atoms with Crippen molar-refractivity contribution in [2.75, 3.05) is 27.8 Å². The van der Waals surface area contributed by atoms with Crippen molar-refractivity contribution in [1.29, 1.82) is 0 Å². The van der Waals surface area contributed by atoms with Gasteiger partial charge in [0, 0.05) is 39.3 Å². The first-order chi connectivity index (χ1) is 16.6. The van der Waals surface area contributed by atoms with Crippen LogP contribution in [0.5, 0.6) is 23.0 Å². The lowest BCUT2D eigenvalue weighted by Gasteiger charge is -2.45. The number of hydrogen-bond donors (Lipinski definition) is 0. The third-order valence-corrected chi connectivity index (χ3v) is 5.94. The summed E-state index contributed by atoms with van der Waals surface area (Å²) in [7, 11) is 4.91. The first-order valence-electron chi connectivity index (χ1n) is 11.3. The molecule has 0 bridgehead atoms. The molecule has 0 spiro atoms. The summed E-state index contributed by atoms with van der Waals surface area (Å²) in [5, 5.41) is 0. The highest BCUT2D eigenvalue weighted by Crippen LogP contribution is 2.44. The van der Waals surface area contributed by atoms with Crippen LogP contribution in [0.4, 0.5) is 0 Å². The number of esters is 3. The van der Waals surface area contributed by atoms with Gasteiger partial charge in [-0.15, -0.1) is 0 Å². The molecule has 1 atom stereocenters. The summed E-state index contributed by atoms with van der Waals surface area (Å²) in [6.07, 6.45) is 1.64. The number of likely N-dealkylation sites (N-methyl/N-ethyl adjacent to an activating group) is 1. The van der Waals surface area contributed by atoms with Crippen LogP contribution in [0.3, 0.4) is 0 Å². The van der Waals surface area contributed by atoms with Crippen LogP contribution in [-0.2, 0) is 37.7 Å². The molecule has 9 heteroatoms. The third-order valence-electron chi connectivity index (χ3n) is 5.94. The Kier molecular flexibility index (Phi) is 8.01. The molecule has 0 radical (unpaired) electrons. The molecule has 9 nitrogen and oxygen atoms in total. The van der Waals surface area contributed by atoms with Gasteiger partial charge in [0.25, 0.3) is 0 Å². The molecule has 1 aliphatic heterocycles. The normalized spacial score (nSPS) is 17.2. The van der Waals surface area contributed by atoms with Gasteiger partial charge in [0.15, 0.2) is 28.7 Å². The zero-order valence-electron chi connectivity index (χ0n) is 20.9. The van der Waals surface area contributed by atoms with Crippen LogP contribution in [0.15, 0.2) is 30.3 Å². The SMILES string of the molecule is COc1cc(CC[C@@]2(OC(C)=O)c3cc(OC(C)=O)c(OC)cc3CCN2C)ccc1OC(C)=O. The van der Waals surface area contributed by atoms with Crippen LogP contribution in [0.25, 0.3) is 0 Å². The van der Waals surface area contributed by atoms with Gasteiger partial charge in [-0.3, -0.25) is 19.3 Å². The minimum atomic E-state index is -1.09. The Morgan fingerprint density at radius 3 is 2.09 bits per heavy atom. The van der Waals surface area contributed by atoms with Crippen LogP contribution in [0.2, 0.25) is 0 Å². The predicted molar refractivity (Wildman–Crippen MR) is 127 cm³/mol. The highest BCUT2D eigenvalue weighted by molar-refractivity contribution is 5.71. The molecule has 1 heterocycles. The second-order valence-electron chi connectivity index (χ2n) is 8.38. The van der Waals surface area contributed by atoms with Gasteiger partial charge in [0.2, 0.25) is 0 Å². The lowest BCUT2D eigenvalue weighted by atomic mass is 9.85. The quantitative estimate of drug-likeness (QED) is 0.411. The molecule has 0 aliphatic carbocycles. The van der Waals surface area contributed by atoms with E-state index in [9.17, 15) is 14.4 Å². The van der Waals surface area contributed by atoms with Gasteiger partial charge in [0.05, 0.1) is 14.2 Å². The lowest BCUT2D eigenvalue weighted by Crippen LogP contribution is -2.51. The Bertz CT molecular complexity index is 1130. The Hall–Kier alpha value is -3.59. The van der Waals surface area contributed by atoms with Gasteiger partial charge in [-0.2, -0.15) is 0 Å². The largest absolute Gasteiger partial charge is 0.493 e. The van der Waals surface area contributed by atoms with E-state index in [4.69, 9.17) is 23.7 Å². The molecule has 0 saturated heterocycles. The summed E-state index contributed by atoms with van der Waals surface area (Å²) in [6, 6.07) is 8.86. The summed E-state index contributed by atoms with van der Waals surface area (Å²) in [5.41, 5.74) is 1.49. The van der Waals surface area contributed by atoms with Crippen molar-refractivity contribution in [2.24, 2.45) is 0 Å². The molecule has 0 unspecified atom stereocenters. The fourth-order valence-electron chi connectivity index (χ4n) is 4.41. The van der Waals surface area contributed by atoms with E-state index >= 15 is 0 Å². The monoisotopic (exact) mass is 485 g/mol. The first-order valence-corrected chi connectivity index (χ1v) is 11.3. The molecule has 35 heavy (non-hydrogen) atoms. The van der Waals surface area contributed by atoms with Crippen LogP contribution >= 0.6 is 0 Å². The van der Waals surface area contributed by atoms with E-state index in [1.807, 2.05) is 24.1 Å². The highest BCUT2D eigenvalue weighted by atomic mass is 16.6. The van der Waals surface area contributed by atoms with Gasteiger partial charge < -0.3 is 23.7 Å². The molecule has 2 aromatic carbocycles. The van der Waals surface area contributed by atoms with Gasteiger partial charge in [-0.25, -0.2) is 0 Å². The maximum absolute atomic E-state index is 12.3. The topological polar surface area (TPSA) is 101 Å². The van der Waals surface area contributed by atoms with E-state index < -0.39 is 23.6 Å². The molecule has 2 aromatic rings. The fraction of sp³-hybridized carbons (Fsp3) is 0.423. The standard InChI is InChI=1S/C26H31NO8/c1-16(28)33-22-8-7-19(13-23(22)31-5)9-11-26(35-18(3)30)21-15-25(34-17(2)29)24(32-6)14-20(21)10-12-27(26)4/h7-8,13-15H,9-12H2,1-6H3/t26-/m1/s1. The van der Waals surface area contributed by atoms with Crippen molar-refractivity contribution in [3.8, 4) is 23.0 Å². The van der Waals surface area contributed by atoms with Gasteiger partial charge in [-0.05, 0) is 55.3 Å². The van der Waals surface area contributed by atoms with Crippen molar-refractivity contribution in [3.05, 3.63) is 47.0 Å². The van der Waals surface area contributed by atoms with Crippen LogP contribution in [0.1, 0.15) is 43.9 Å². The van der Waals surface area contributed by atoms with Crippen molar-refractivity contribution < 1.29 is 38.1 Å². The van der Waals surface area contributed by atoms with Gasteiger partial charge in [0.1, 0.15) is 0 Å². The molecule has 3 rings (SSSR count). The number of ether oxygens (including phenoxy) is 5. The molecule has 0 amide bonds. The number of methoxy groups -OCH3 is 2. The minimum absolute atomic E-state index is 0.262. The molecular weight excluding hydrogens is 454 g/mol. The number of hydrogen-bond acceptors (Lipinski definition) is 9. The molecule has 1 aliphatic rings. The average Bonchev–Trinajstić information content (AvgIpc) is 2.79. The van der Waals surface area contributed by atoms with E-state index in [-0.39, 0.29) is 5.75 Å². The zero-order chi connectivity index (χ0) is 25.8. The van der Waals surface area contributed by atoms with E-state index in [0.717, 1.165) is 16.7 Å². The van der Waals surface area contributed by atoms with Gasteiger partial charge in [-0.1, -0.05) is 6.07 Å². The minimum Gasteiger partial charge on any atom is -0.493 e. The predicted octanol–water partition coefficient (Wildman–Crippen LogP) is 3.39. The van der Waals surface area contributed by atoms with Crippen molar-refractivity contribution in [2.45, 2.75) is 45.8 Å². The second-order valence-corrected chi connectivity index (χ2v) is 8.38. The number of carbonyl (C=O) groups is 3. The number of fused-ring (bicyclic) bond motifs is 1. The maximum Gasteiger partial charge on any atom is 0.308 e. The molecule has 0 fully saturated rings. The zero-order valence-corrected chi connectivity index (χ0v) is 20.9. The smallest absolute Gasteiger partial charge is 0.308 e. The summed E-state index contributed by atoms with van der Waals surface area (Å²) in [4.78, 5) is 37.3. The highest BCUT2D eigenvalue weighted by Gasteiger charge is 2.44. The Morgan fingerprint density at radius 1 is 0.857 bits per heavy atom. The van der Waals surface area contributed by atoms with E-state index in [2.05, 4.69) is 0 Å². The molecular formula is C26H31NO8. The summed E-state index contributed by atoms with van der Waals surface area (Å²) < 4.78 is 27.4. The lowest BCUT2D eigenvalue weighted by molar-refractivity contribution is -0.188. The van der Waals surface area contributed by atoms with Gasteiger partial charge >= 0.3 is 17.9 Å². The number of benzene rings is 2. The number of aryl methyl sites for hydroxylation is 1. The fourth-order valence-corrected chi connectivity index (χ4v) is 4.41. The van der Waals surface area contributed by atoms with E-state index in [1.54, 1.807) is 18.2 Å². The average molecular weight is 486 g/mol. The molecule has 0 saturated carbocycles. The molecule has 188 valence electrons. The van der Waals surface area contributed by atoms with Crippen LogP contribution < -0.4 is 18.9 Å².